The van der Waals surface area contributed by atoms with E-state index in [1.54, 1.807) is 0 Å². The number of hydrogen-bond donors (Lipinski definition) is 3. The Hall–Kier alpha value is -2.59. The molecule has 3 N–H and O–H groups in total. The Kier molecular flexibility index (Phi) is 6.29. The molecule has 0 spiro atoms. The first kappa shape index (κ1) is 24.1. The van der Waals surface area contributed by atoms with Crippen molar-refractivity contribution in [1.82, 2.24) is 10.3 Å². The maximum atomic E-state index is 13.0. The number of ether oxygens (including phenoxy) is 2. The summed E-state index contributed by atoms with van der Waals surface area (Å²) in [6.07, 6.45) is -0.966. The lowest BCUT2D eigenvalue weighted by molar-refractivity contribution is -0.152. The predicted octanol–water partition coefficient (Wildman–Crippen LogP) is 3.96. The van der Waals surface area contributed by atoms with Crippen molar-refractivity contribution in [1.29, 1.82) is 0 Å². The predicted molar refractivity (Wildman–Crippen MR) is 129 cm³/mol. The van der Waals surface area contributed by atoms with Crippen LogP contribution in [0.25, 0.3) is 0 Å². The molecule has 1 aliphatic heterocycles. The van der Waals surface area contributed by atoms with Gasteiger partial charge in [0.2, 0.25) is 0 Å². The molecule has 1 fully saturated rings. The first-order valence-corrected chi connectivity index (χ1v) is 12.1. The molecule has 1 aromatic heterocycles. The number of rotatable bonds is 7. The van der Waals surface area contributed by atoms with E-state index in [0.717, 1.165) is 10.0 Å². The number of hydrogen-bond acceptors (Lipinski definition) is 6. The first-order chi connectivity index (χ1) is 16.8. The number of aliphatic hydroxyl groups is 2. The number of aromatic nitrogens is 1. The van der Waals surface area contributed by atoms with E-state index in [2.05, 4.69) is 26.2 Å². The average molecular weight is 547 g/mol. The van der Waals surface area contributed by atoms with Crippen molar-refractivity contribution >= 4 is 15.9 Å². The molecular formula is C26H25BrF2N2O4. The zero-order valence-corrected chi connectivity index (χ0v) is 20.5. The normalized spacial score (nSPS) is 29.1. The van der Waals surface area contributed by atoms with Crippen molar-refractivity contribution in [3.63, 3.8) is 0 Å². The van der Waals surface area contributed by atoms with Crippen LogP contribution in [0, 0.1) is 5.92 Å². The van der Waals surface area contributed by atoms with Gasteiger partial charge in [0.05, 0.1) is 37.7 Å². The molecule has 6 nitrogen and oxygen atoms in total. The van der Waals surface area contributed by atoms with Crippen LogP contribution in [-0.4, -0.2) is 47.9 Å². The van der Waals surface area contributed by atoms with Gasteiger partial charge in [0.15, 0.2) is 11.2 Å². The summed E-state index contributed by atoms with van der Waals surface area (Å²) < 4.78 is 39.0. The fraction of sp³-hybridized carbons (Fsp3) is 0.346. The third kappa shape index (κ3) is 3.56. The Morgan fingerprint density at radius 1 is 1.14 bits per heavy atom. The smallest absolute Gasteiger partial charge is 0.250 e. The van der Waals surface area contributed by atoms with Crippen LogP contribution >= 0.6 is 15.9 Å². The Balaban J connectivity index is 1.78. The maximum Gasteiger partial charge on any atom is 0.250 e. The standard InChI is InChI=1S/C26H25BrF2N2O4/c1-34-19-12-31-13-20-23(19)25(33)24(32)18(11-30-14-21(28)29)22(15-5-3-2-4-6-15)26(25,35-20)16-7-9-17(27)10-8-16/h2-10,12-13,18,21-22,24,30,32-33H,11,14H2,1H3/t18-,22-,24-,25+,26+/m1/s1. The Labute approximate surface area is 210 Å². The number of fused-ring (bicyclic) bond motifs is 3. The second-order valence-corrected chi connectivity index (χ2v) is 9.79. The largest absolute Gasteiger partial charge is 0.495 e. The Morgan fingerprint density at radius 2 is 1.86 bits per heavy atom. The maximum absolute atomic E-state index is 13.0. The minimum atomic E-state index is -2.55. The van der Waals surface area contributed by atoms with E-state index in [9.17, 15) is 19.0 Å². The Bertz CT molecular complexity index is 1200. The van der Waals surface area contributed by atoms with Gasteiger partial charge >= 0.3 is 0 Å². The molecule has 0 unspecified atom stereocenters. The molecule has 9 heteroatoms. The molecule has 3 aromatic rings. The third-order valence-corrected chi connectivity index (χ3v) is 7.65. The lowest BCUT2D eigenvalue weighted by Gasteiger charge is -2.41. The summed E-state index contributed by atoms with van der Waals surface area (Å²) >= 11 is 3.46. The molecule has 5 atom stereocenters. The molecule has 0 radical (unpaired) electrons. The SMILES string of the molecule is COc1cncc2c1[C@]1(O)[C@H](O)[C@H](CNCC(F)F)[C@@H](c3ccccc3)[C@]1(c1ccc(Br)cc1)O2. The summed E-state index contributed by atoms with van der Waals surface area (Å²) in [5.41, 5.74) is -1.71. The Morgan fingerprint density at radius 3 is 2.51 bits per heavy atom. The number of methoxy groups -OCH3 is 1. The molecule has 35 heavy (non-hydrogen) atoms. The number of pyridine rings is 1. The summed E-state index contributed by atoms with van der Waals surface area (Å²) in [7, 11) is 1.46. The lowest BCUT2D eigenvalue weighted by atomic mass is 9.70. The van der Waals surface area contributed by atoms with E-state index >= 15 is 0 Å². The molecule has 1 aliphatic carbocycles. The second-order valence-electron chi connectivity index (χ2n) is 8.87. The van der Waals surface area contributed by atoms with Crippen LogP contribution in [0.3, 0.4) is 0 Å². The van der Waals surface area contributed by atoms with Crippen molar-refractivity contribution in [2.24, 2.45) is 5.92 Å². The quantitative estimate of drug-likeness (QED) is 0.416. The second kappa shape index (κ2) is 9.13. The van der Waals surface area contributed by atoms with Crippen LogP contribution < -0.4 is 14.8 Å². The van der Waals surface area contributed by atoms with Gasteiger partial charge in [-0.1, -0.05) is 58.4 Å². The van der Waals surface area contributed by atoms with Gasteiger partial charge in [-0.05, 0) is 23.3 Å². The van der Waals surface area contributed by atoms with Crippen LogP contribution in [0.4, 0.5) is 8.78 Å². The molecule has 0 amide bonds. The van der Waals surface area contributed by atoms with Gasteiger partial charge in [0.25, 0.3) is 6.43 Å². The number of nitrogens with zero attached hydrogens (tertiary/aromatic N) is 1. The summed E-state index contributed by atoms with van der Waals surface area (Å²) in [6, 6.07) is 16.7. The topological polar surface area (TPSA) is 83.8 Å². The molecule has 0 bridgehead atoms. The molecule has 5 rings (SSSR count). The zero-order valence-electron chi connectivity index (χ0n) is 18.9. The number of nitrogens with one attached hydrogen (secondary N) is 1. The van der Waals surface area contributed by atoms with Crippen LogP contribution in [0.15, 0.2) is 71.5 Å². The monoisotopic (exact) mass is 546 g/mol. The van der Waals surface area contributed by atoms with E-state index in [1.165, 1.54) is 19.5 Å². The highest BCUT2D eigenvalue weighted by atomic mass is 79.9. The van der Waals surface area contributed by atoms with Crippen LogP contribution in [0.5, 0.6) is 11.5 Å². The fourth-order valence-corrected chi connectivity index (χ4v) is 6.08. The van der Waals surface area contributed by atoms with Crippen molar-refractivity contribution in [3.05, 3.63) is 88.2 Å². The van der Waals surface area contributed by atoms with E-state index in [0.29, 0.717) is 16.9 Å². The van der Waals surface area contributed by atoms with E-state index in [-0.39, 0.29) is 12.3 Å². The highest BCUT2D eigenvalue weighted by molar-refractivity contribution is 9.10. The molecule has 1 saturated carbocycles. The van der Waals surface area contributed by atoms with Gasteiger partial charge in [-0.25, -0.2) is 8.78 Å². The molecular weight excluding hydrogens is 522 g/mol. The molecule has 2 aliphatic rings. The van der Waals surface area contributed by atoms with Crippen LogP contribution in [-0.2, 0) is 11.2 Å². The van der Waals surface area contributed by atoms with E-state index in [4.69, 9.17) is 9.47 Å². The third-order valence-electron chi connectivity index (χ3n) is 7.12. The number of benzene rings is 2. The highest BCUT2D eigenvalue weighted by Crippen LogP contribution is 2.69. The van der Waals surface area contributed by atoms with Crippen molar-refractivity contribution in [3.8, 4) is 11.5 Å². The molecule has 0 saturated heterocycles. The van der Waals surface area contributed by atoms with Gasteiger partial charge < -0.3 is 25.0 Å². The summed E-state index contributed by atoms with van der Waals surface area (Å²) in [5, 5.41) is 27.2. The molecule has 2 heterocycles. The summed E-state index contributed by atoms with van der Waals surface area (Å²) in [6.45, 7) is -0.489. The van der Waals surface area contributed by atoms with Gasteiger partial charge in [-0.15, -0.1) is 0 Å². The molecule has 184 valence electrons. The highest BCUT2D eigenvalue weighted by Gasteiger charge is 2.76. The van der Waals surface area contributed by atoms with Crippen LogP contribution in [0.1, 0.15) is 22.6 Å². The van der Waals surface area contributed by atoms with Crippen LogP contribution in [0.2, 0.25) is 0 Å². The average Bonchev–Trinajstić information content (AvgIpc) is 3.23. The minimum absolute atomic E-state index is 0.0394. The van der Waals surface area contributed by atoms with Crippen molar-refractivity contribution in [2.75, 3.05) is 20.2 Å². The number of alkyl halides is 2. The summed E-state index contributed by atoms with van der Waals surface area (Å²) in [4.78, 5) is 4.19. The minimum Gasteiger partial charge on any atom is -0.495 e. The van der Waals surface area contributed by atoms with Crippen molar-refractivity contribution in [2.45, 2.75) is 29.6 Å². The lowest BCUT2D eigenvalue weighted by Crippen LogP contribution is -2.52. The fourth-order valence-electron chi connectivity index (χ4n) is 5.82. The van der Waals surface area contributed by atoms with Crippen molar-refractivity contribution < 1.29 is 28.5 Å². The van der Waals surface area contributed by atoms with E-state index in [1.807, 2.05) is 54.6 Å². The zero-order chi connectivity index (χ0) is 24.8. The van der Waals surface area contributed by atoms with Gasteiger partial charge in [0, 0.05) is 22.9 Å². The number of halogens is 3. The van der Waals surface area contributed by atoms with Gasteiger partial charge in [0.1, 0.15) is 11.5 Å². The molecule has 2 aromatic carbocycles. The number of aliphatic hydroxyl groups excluding tert-OH is 1. The summed E-state index contributed by atoms with van der Waals surface area (Å²) in [5.74, 6) is -0.701. The first-order valence-electron chi connectivity index (χ1n) is 11.3. The van der Waals surface area contributed by atoms with Gasteiger partial charge in [-0.2, -0.15) is 0 Å². The van der Waals surface area contributed by atoms with Gasteiger partial charge in [-0.3, -0.25) is 4.98 Å². The van der Waals surface area contributed by atoms with E-state index < -0.39 is 42.1 Å².